The number of nitriles is 1. The number of benzene rings is 2. The van der Waals surface area contributed by atoms with Crippen LogP contribution in [0.5, 0.6) is 5.75 Å². The first-order valence-corrected chi connectivity index (χ1v) is 7.65. The van der Waals surface area contributed by atoms with Crippen LogP contribution in [0.15, 0.2) is 59.6 Å². The summed E-state index contributed by atoms with van der Waals surface area (Å²) >= 11 is 3.48. The third kappa shape index (κ3) is 4.09. The average molecular weight is 354 g/mol. The average Bonchev–Trinajstić information content (AvgIpc) is 2.53. The van der Waals surface area contributed by atoms with E-state index >= 15 is 0 Å². The summed E-state index contributed by atoms with van der Waals surface area (Å²) in [4.78, 5) is 0. The van der Waals surface area contributed by atoms with Crippen molar-refractivity contribution in [2.24, 2.45) is 0 Å². The number of halogens is 1. The van der Waals surface area contributed by atoms with Gasteiger partial charge in [0.25, 0.3) is 0 Å². The van der Waals surface area contributed by atoms with Crippen LogP contribution in [-0.2, 0) is 0 Å². The minimum atomic E-state index is 0.459. The maximum absolute atomic E-state index is 9.38. The van der Waals surface area contributed by atoms with Crippen LogP contribution in [0.1, 0.15) is 16.7 Å². The highest BCUT2D eigenvalue weighted by atomic mass is 79.9. The second-order valence-corrected chi connectivity index (χ2v) is 5.68. The molecule has 0 heterocycles. The summed E-state index contributed by atoms with van der Waals surface area (Å²) < 4.78 is 6.37. The zero-order valence-electron chi connectivity index (χ0n) is 12.3. The van der Waals surface area contributed by atoms with E-state index in [0.29, 0.717) is 12.2 Å². The van der Waals surface area contributed by atoms with E-state index in [-0.39, 0.29) is 0 Å². The van der Waals surface area contributed by atoms with Crippen molar-refractivity contribution in [1.82, 2.24) is 0 Å². The van der Waals surface area contributed by atoms with Gasteiger partial charge in [-0.05, 0) is 52.2 Å². The Bertz CT molecular complexity index is 739. The summed E-state index contributed by atoms with van der Waals surface area (Å²) in [5, 5.41) is 9.38. The van der Waals surface area contributed by atoms with Crippen LogP contribution in [-0.4, -0.2) is 6.61 Å². The van der Waals surface area contributed by atoms with Crippen molar-refractivity contribution in [3.05, 3.63) is 76.3 Å². The molecule has 0 unspecified atom stereocenters. The largest absolute Gasteiger partial charge is 0.488 e. The third-order valence-corrected chi connectivity index (χ3v) is 3.73. The maximum atomic E-state index is 9.38. The molecule has 0 amide bonds. The van der Waals surface area contributed by atoms with Crippen molar-refractivity contribution < 1.29 is 4.74 Å². The molecule has 0 bridgehead atoms. The highest BCUT2D eigenvalue weighted by Crippen LogP contribution is 2.28. The van der Waals surface area contributed by atoms with Crippen molar-refractivity contribution in [2.75, 3.05) is 6.61 Å². The van der Waals surface area contributed by atoms with Gasteiger partial charge in [-0.25, -0.2) is 0 Å². The number of rotatable bonds is 5. The molecule has 0 aliphatic heterocycles. The van der Waals surface area contributed by atoms with Gasteiger partial charge in [-0.3, -0.25) is 0 Å². The molecular weight excluding hydrogens is 338 g/mol. The van der Waals surface area contributed by atoms with E-state index in [1.807, 2.05) is 55.5 Å². The predicted molar refractivity (Wildman–Crippen MR) is 94.5 cm³/mol. The monoisotopic (exact) mass is 353 g/mol. The Morgan fingerprint density at radius 3 is 2.59 bits per heavy atom. The van der Waals surface area contributed by atoms with Crippen LogP contribution in [0.2, 0.25) is 0 Å². The molecule has 110 valence electrons. The topological polar surface area (TPSA) is 33.0 Å². The van der Waals surface area contributed by atoms with E-state index in [1.165, 1.54) is 5.56 Å². The van der Waals surface area contributed by atoms with Crippen LogP contribution in [0.4, 0.5) is 0 Å². The summed E-state index contributed by atoms with van der Waals surface area (Å²) in [6.07, 6.45) is 3.57. The van der Waals surface area contributed by atoms with Gasteiger partial charge >= 0.3 is 0 Å². The summed E-state index contributed by atoms with van der Waals surface area (Å²) in [6, 6.07) is 15.9. The molecule has 0 fully saturated rings. The van der Waals surface area contributed by atoms with Crippen LogP contribution >= 0.6 is 15.9 Å². The Kier molecular flexibility index (Phi) is 5.57. The molecule has 2 nitrogen and oxygen atoms in total. The Balaban J connectivity index is 2.30. The van der Waals surface area contributed by atoms with Crippen LogP contribution in [0, 0.1) is 18.3 Å². The van der Waals surface area contributed by atoms with Gasteiger partial charge in [-0.2, -0.15) is 5.26 Å². The molecule has 3 heteroatoms. The Morgan fingerprint density at radius 2 is 2.00 bits per heavy atom. The molecule has 0 saturated heterocycles. The van der Waals surface area contributed by atoms with Gasteiger partial charge < -0.3 is 4.74 Å². The van der Waals surface area contributed by atoms with Crippen molar-refractivity contribution in [3.63, 3.8) is 0 Å². The lowest BCUT2D eigenvalue weighted by molar-refractivity contribution is 0.361. The SMILES string of the molecule is C=CCOc1ccc(/C=C(\C#N)c2ccc(C)cc2)cc1Br. The molecule has 0 spiro atoms. The second kappa shape index (κ2) is 7.63. The van der Waals surface area contributed by atoms with Gasteiger partial charge in [0.15, 0.2) is 0 Å². The van der Waals surface area contributed by atoms with E-state index < -0.39 is 0 Å². The van der Waals surface area contributed by atoms with E-state index in [4.69, 9.17) is 4.74 Å². The molecule has 2 rings (SSSR count). The number of nitrogens with zero attached hydrogens (tertiary/aromatic N) is 1. The first-order chi connectivity index (χ1) is 10.6. The van der Waals surface area contributed by atoms with E-state index in [0.717, 1.165) is 21.3 Å². The van der Waals surface area contributed by atoms with Crippen LogP contribution in [0.3, 0.4) is 0 Å². The van der Waals surface area contributed by atoms with Gasteiger partial charge in [0.1, 0.15) is 12.4 Å². The highest BCUT2D eigenvalue weighted by Gasteiger charge is 2.04. The van der Waals surface area contributed by atoms with Gasteiger partial charge in [-0.1, -0.05) is 48.6 Å². The summed E-state index contributed by atoms with van der Waals surface area (Å²) in [6.45, 7) is 6.11. The van der Waals surface area contributed by atoms with Gasteiger partial charge in [0.05, 0.1) is 16.1 Å². The van der Waals surface area contributed by atoms with E-state index in [1.54, 1.807) is 6.08 Å². The predicted octanol–water partition coefficient (Wildman–Crippen LogP) is 5.39. The molecular formula is C19H16BrNO. The van der Waals surface area contributed by atoms with Crippen molar-refractivity contribution in [3.8, 4) is 11.8 Å². The lowest BCUT2D eigenvalue weighted by Crippen LogP contribution is -1.93. The minimum Gasteiger partial charge on any atom is -0.488 e. The first-order valence-electron chi connectivity index (χ1n) is 6.86. The van der Waals surface area contributed by atoms with Crippen molar-refractivity contribution >= 4 is 27.6 Å². The molecule has 2 aromatic rings. The number of ether oxygens (including phenoxy) is 1. The molecule has 0 saturated carbocycles. The Morgan fingerprint density at radius 1 is 1.27 bits per heavy atom. The molecule has 0 atom stereocenters. The fraction of sp³-hybridized carbons (Fsp3) is 0.105. The van der Waals surface area contributed by atoms with Crippen LogP contribution in [0.25, 0.3) is 11.6 Å². The Hall–Kier alpha value is -2.31. The van der Waals surface area contributed by atoms with Gasteiger partial charge in [-0.15, -0.1) is 0 Å². The minimum absolute atomic E-state index is 0.459. The highest BCUT2D eigenvalue weighted by molar-refractivity contribution is 9.10. The molecule has 0 aromatic heterocycles. The molecule has 0 radical (unpaired) electrons. The third-order valence-electron chi connectivity index (χ3n) is 3.11. The molecule has 0 aliphatic carbocycles. The van der Waals surface area contributed by atoms with E-state index in [9.17, 15) is 5.26 Å². The summed E-state index contributed by atoms with van der Waals surface area (Å²) in [5.74, 6) is 0.755. The van der Waals surface area contributed by atoms with Gasteiger partial charge in [0, 0.05) is 0 Å². The van der Waals surface area contributed by atoms with E-state index in [2.05, 4.69) is 28.6 Å². The Labute approximate surface area is 139 Å². The smallest absolute Gasteiger partial charge is 0.133 e. The first kappa shape index (κ1) is 16.1. The van der Waals surface area contributed by atoms with Crippen molar-refractivity contribution in [2.45, 2.75) is 6.92 Å². The standard InChI is InChI=1S/C19H16BrNO/c1-3-10-22-19-9-6-15(12-18(19)20)11-17(13-21)16-7-4-14(2)5-8-16/h3-9,11-12H,1,10H2,2H3/b17-11+. The summed E-state index contributed by atoms with van der Waals surface area (Å²) in [7, 11) is 0. The summed E-state index contributed by atoms with van der Waals surface area (Å²) in [5.41, 5.74) is 3.66. The number of hydrogen-bond donors (Lipinski definition) is 0. The number of hydrogen-bond acceptors (Lipinski definition) is 2. The zero-order valence-corrected chi connectivity index (χ0v) is 13.9. The zero-order chi connectivity index (χ0) is 15.9. The molecule has 22 heavy (non-hydrogen) atoms. The fourth-order valence-corrected chi connectivity index (χ4v) is 2.46. The maximum Gasteiger partial charge on any atom is 0.133 e. The number of allylic oxidation sites excluding steroid dienone is 1. The lowest BCUT2D eigenvalue weighted by Gasteiger charge is -2.07. The van der Waals surface area contributed by atoms with Crippen LogP contribution < -0.4 is 4.74 Å². The number of aryl methyl sites for hydroxylation is 1. The van der Waals surface area contributed by atoms with Gasteiger partial charge in [0.2, 0.25) is 0 Å². The second-order valence-electron chi connectivity index (χ2n) is 4.83. The molecule has 2 aromatic carbocycles. The fourth-order valence-electron chi connectivity index (χ4n) is 1.95. The van der Waals surface area contributed by atoms with Crippen molar-refractivity contribution in [1.29, 1.82) is 5.26 Å². The lowest BCUT2D eigenvalue weighted by atomic mass is 10.0. The quantitative estimate of drug-likeness (QED) is 0.410. The normalized spacial score (nSPS) is 10.9. The molecule has 0 N–H and O–H groups in total. The molecule has 0 aliphatic rings.